The number of urea groups is 1. The van der Waals surface area contributed by atoms with E-state index >= 15 is 0 Å². The minimum absolute atomic E-state index is 0.00353. The number of carboxylic acids is 1. The number of methoxy groups -OCH3 is 2. The molecule has 1 aromatic carbocycles. The van der Waals surface area contributed by atoms with Gasteiger partial charge in [-0.15, -0.1) is 0 Å². The highest BCUT2D eigenvalue weighted by atomic mass is 16.5. The lowest BCUT2D eigenvalue weighted by Crippen LogP contribution is -2.30. The highest BCUT2D eigenvalue weighted by Gasteiger charge is 2.19. The molecule has 0 unspecified atom stereocenters. The van der Waals surface area contributed by atoms with Crippen molar-refractivity contribution in [2.45, 2.75) is 6.42 Å². The fraction of sp³-hybridized carbons (Fsp3) is 0.286. The molecule has 0 aliphatic heterocycles. The Morgan fingerprint density at radius 2 is 1.65 bits per heavy atom. The molecule has 0 bridgehead atoms. The van der Waals surface area contributed by atoms with Crippen LogP contribution >= 0.6 is 0 Å². The number of hydrogen-bond acceptors (Lipinski definition) is 6. The highest BCUT2D eigenvalue weighted by molar-refractivity contribution is 6.04. The van der Waals surface area contributed by atoms with Gasteiger partial charge in [0.2, 0.25) is 0 Å². The molecule has 0 radical (unpaired) electrons. The van der Waals surface area contributed by atoms with Crippen molar-refractivity contribution >= 4 is 29.6 Å². The van der Waals surface area contributed by atoms with E-state index < -0.39 is 23.9 Å². The first-order chi connectivity index (χ1) is 10.9. The minimum Gasteiger partial charge on any atom is -0.481 e. The van der Waals surface area contributed by atoms with Crippen LogP contribution in [0.25, 0.3) is 0 Å². The average Bonchev–Trinajstić information content (AvgIpc) is 2.52. The van der Waals surface area contributed by atoms with E-state index in [-0.39, 0.29) is 29.8 Å². The SMILES string of the molecule is COC(=O)c1ccc(NC(=O)NCCC(=O)O)cc1C(=O)OC. The molecule has 0 aliphatic carbocycles. The lowest BCUT2D eigenvalue weighted by Gasteiger charge is -2.10. The maximum Gasteiger partial charge on any atom is 0.338 e. The van der Waals surface area contributed by atoms with Crippen LogP contribution < -0.4 is 10.6 Å². The lowest BCUT2D eigenvalue weighted by molar-refractivity contribution is -0.136. The molecule has 9 heteroatoms. The molecule has 0 aromatic heterocycles. The number of carbonyl (C=O) groups is 4. The number of amides is 2. The zero-order valence-corrected chi connectivity index (χ0v) is 12.5. The number of benzene rings is 1. The van der Waals surface area contributed by atoms with Gasteiger partial charge in [-0.2, -0.15) is 0 Å². The predicted molar refractivity (Wildman–Crippen MR) is 78.4 cm³/mol. The van der Waals surface area contributed by atoms with Crippen molar-refractivity contribution in [1.82, 2.24) is 5.32 Å². The second-order valence-corrected chi connectivity index (χ2v) is 4.27. The molecule has 0 spiro atoms. The summed E-state index contributed by atoms with van der Waals surface area (Å²) in [5.74, 6) is -2.52. The first-order valence-corrected chi connectivity index (χ1v) is 6.46. The Balaban J connectivity index is 2.88. The lowest BCUT2D eigenvalue weighted by atomic mass is 10.1. The number of anilines is 1. The Hall–Kier alpha value is -3.10. The number of hydrogen-bond donors (Lipinski definition) is 3. The first kappa shape index (κ1) is 18.0. The average molecular weight is 324 g/mol. The summed E-state index contributed by atoms with van der Waals surface area (Å²) in [6.07, 6.45) is -0.220. The van der Waals surface area contributed by atoms with E-state index in [0.717, 1.165) is 7.11 Å². The molecule has 0 saturated heterocycles. The van der Waals surface area contributed by atoms with Gasteiger partial charge in [-0.05, 0) is 18.2 Å². The number of carbonyl (C=O) groups excluding carboxylic acids is 3. The maximum atomic E-state index is 11.7. The van der Waals surface area contributed by atoms with Crippen LogP contribution in [-0.2, 0) is 14.3 Å². The third kappa shape index (κ3) is 5.30. The molecule has 124 valence electrons. The first-order valence-electron chi connectivity index (χ1n) is 6.46. The number of nitrogens with one attached hydrogen (secondary N) is 2. The van der Waals surface area contributed by atoms with Gasteiger partial charge in [0.05, 0.1) is 31.8 Å². The Bertz CT molecular complexity index is 628. The van der Waals surface area contributed by atoms with Crippen molar-refractivity contribution in [3.05, 3.63) is 29.3 Å². The summed E-state index contributed by atoms with van der Waals surface area (Å²) >= 11 is 0. The van der Waals surface area contributed by atoms with Gasteiger partial charge >= 0.3 is 23.9 Å². The standard InChI is InChI=1S/C14H16N2O7/c1-22-12(19)9-4-3-8(7-10(9)13(20)23-2)16-14(21)15-6-5-11(17)18/h3-4,7H,5-6H2,1-2H3,(H,17,18)(H2,15,16,21). The smallest absolute Gasteiger partial charge is 0.338 e. The maximum absolute atomic E-state index is 11.7. The van der Waals surface area contributed by atoms with Gasteiger partial charge in [0.1, 0.15) is 0 Å². The number of aliphatic carboxylic acids is 1. The third-order valence-corrected chi connectivity index (χ3v) is 2.71. The quantitative estimate of drug-likeness (QED) is 0.661. The van der Waals surface area contributed by atoms with Crippen LogP contribution in [0, 0.1) is 0 Å². The molecule has 3 N–H and O–H groups in total. The van der Waals surface area contributed by atoms with Crippen LogP contribution in [0.15, 0.2) is 18.2 Å². The summed E-state index contributed by atoms with van der Waals surface area (Å²) in [5, 5.41) is 13.2. The van der Waals surface area contributed by atoms with Crippen LogP contribution in [0.2, 0.25) is 0 Å². The Labute approximate surface area is 131 Å². The fourth-order valence-corrected chi connectivity index (χ4v) is 1.65. The van der Waals surface area contributed by atoms with Crippen LogP contribution in [0.4, 0.5) is 10.5 Å². The minimum atomic E-state index is -1.04. The molecule has 1 rings (SSSR count). The molecule has 0 heterocycles. The van der Waals surface area contributed by atoms with Crippen molar-refractivity contribution in [1.29, 1.82) is 0 Å². The summed E-state index contributed by atoms with van der Waals surface area (Å²) < 4.78 is 9.15. The van der Waals surface area contributed by atoms with Crippen LogP contribution in [-0.4, -0.2) is 49.8 Å². The molecule has 1 aromatic rings. The van der Waals surface area contributed by atoms with Gasteiger partial charge in [0.25, 0.3) is 0 Å². The van der Waals surface area contributed by atoms with Crippen molar-refractivity contribution in [3.63, 3.8) is 0 Å². The van der Waals surface area contributed by atoms with Crippen LogP contribution in [0.1, 0.15) is 27.1 Å². The summed E-state index contributed by atoms with van der Waals surface area (Å²) in [4.78, 5) is 45.3. The zero-order chi connectivity index (χ0) is 17.4. The largest absolute Gasteiger partial charge is 0.481 e. The van der Waals surface area contributed by atoms with E-state index in [2.05, 4.69) is 20.1 Å². The Morgan fingerprint density at radius 1 is 1.04 bits per heavy atom. The zero-order valence-electron chi connectivity index (χ0n) is 12.5. The number of ether oxygens (including phenoxy) is 2. The van der Waals surface area contributed by atoms with E-state index in [9.17, 15) is 19.2 Å². The summed E-state index contributed by atoms with van der Waals surface area (Å²) in [5.41, 5.74) is 0.157. The molecule has 2 amide bonds. The van der Waals surface area contributed by atoms with Crippen molar-refractivity contribution < 1.29 is 33.8 Å². The second-order valence-electron chi connectivity index (χ2n) is 4.27. The molecule has 0 atom stereocenters. The van der Waals surface area contributed by atoms with Gasteiger partial charge < -0.3 is 25.2 Å². The molecular formula is C14H16N2O7. The monoisotopic (exact) mass is 324 g/mol. The Kier molecular flexibility index (Phi) is 6.53. The van der Waals surface area contributed by atoms with Crippen LogP contribution in [0.5, 0.6) is 0 Å². The van der Waals surface area contributed by atoms with Crippen molar-refractivity contribution in [3.8, 4) is 0 Å². The number of rotatable bonds is 6. The third-order valence-electron chi connectivity index (χ3n) is 2.71. The number of esters is 2. The summed E-state index contributed by atoms with van der Waals surface area (Å²) in [7, 11) is 2.33. The molecule has 9 nitrogen and oxygen atoms in total. The topological polar surface area (TPSA) is 131 Å². The van der Waals surface area contributed by atoms with Crippen LogP contribution in [0.3, 0.4) is 0 Å². The normalized spacial score (nSPS) is 9.65. The summed E-state index contributed by atoms with van der Waals surface area (Å²) in [6, 6.07) is 3.32. The van der Waals surface area contributed by atoms with E-state index in [1.54, 1.807) is 0 Å². The van der Waals surface area contributed by atoms with E-state index in [0.29, 0.717) is 0 Å². The van der Waals surface area contributed by atoms with Gasteiger partial charge in [-0.25, -0.2) is 14.4 Å². The fourth-order valence-electron chi connectivity index (χ4n) is 1.65. The molecule has 23 heavy (non-hydrogen) atoms. The van der Waals surface area contributed by atoms with Gasteiger partial charge in [0.15, 0.2) is 0 Å². The van der Waals surface area contributed by atoms with Gasteiger partial charge in [-0.3, -0.25) is 4.79 Å². The predicted octanol–water partition coefficient (Wildman–Crippen LogP) is 0.856. The highest BCUT2D eigenvalue weighted by Crippen LogP contribution is 2.18. The number of carboxylic acid groups (broad SMARTS) is 1. The molecular weight excluding hydrogens is 308 g/mol. The van der Waals surface area contributed by atoms with Gasteiger partial charge in [-0.1, -0.05) is 0 Å². The van der Waals surface area contributed by atoms with E-state index in [1.165, 1.54) is 25.3 Å². The molecule has 0 fully saturated rings. The Morgan fingerprint density at radius 3 is 2.22 bits per heavy atom. The molecule has 0 aliphatic rings. The van der Waals surface area contributed by atoms with Gasteiger partial charge in [0, 0.05) is 12.2 Å². The molecule has 0 saturated carbocycles. The van der Waals surface area contributed by atoms with E-state index in [1.807, 2.05) is 0 Å². The van der Waals surface area contributed by atoms with E-state index in [4.69, 9.17) is 5.11 Å². The van der Waals surface area contributed by atoms with Crippen molar-refractivity contribution in [2.24, 2.45) is 0 Å². The summed E-state index contributed by atoms with van der Waals surface area (Å²) in [6.45, 7) is -0.0503. The second kappa shape index (κ2) is 8.37. The van der Waals surface area contributed by atoms with Crippen molar-refractivity contribution in [2.75, 3.05) is 26.1 Å².